The summed E-state index contributed by atoms with van der Waals surface area (Å²) in [5, 5.41) is 72.6. The van der Waals surface area contributed by atoms with Gasteiger partial charge >= 0.3 is 0 Å². The Hall–Kier alpha value is -2.24. The van der Waals surface area contributed by atoms with Gasteiger partial charge in [-0.25, -0.2) is 0 Å². The van der Waals surface area contributed by atoms with Gasteiger partial charge in [-0.3, -0.25) is 10.2 Å². The fourth-order valence-electron chi connectivity index (χ4n) is 6.03. The molecule has 0 aromatic rings. The molecule has 2 fully saturated rings. The number of ether oxygens (including phenoxy) is 4. The first kappa shape index (κ1) is 39.2. The Balaban J connectivity index is 1.82. The van der Waals surface area contributed by atoms with Crippen LogP contribution in [0.2, 0.25) is 0 Å². The first-order valence-corrected chi connectivity index (χ1v) is 15.9. The van der Waals surface area contributed by atoms with Crippen LogP contribution in [0.25, 0.3) is 0 Å². The summed E-state index contributed by atoms with van der Waals surface area (Å²) < 4.78 is 24.1. The Kier molecular flexibility index (Phi) is 15.0. The van der Waals surface area contributed by atoms with Crippen LogP contribution in [0.3, 0.4) is 0 Å². The molecule has 0 radical (unpaired) electrons. The van der Waals surface area contributed by atoms with Gasteiger partial charge in [-0.15, -0.1) is 0 Å². The zero-order valence-electron chi connectivity index (χ0n) is 27.0. The maximum absolute atomic E-state index is 13.0. The van der Waals surface area contributed by atoms with E-state index in [1.807, 2.05) is 0 Å². The standard InChI is InChI=1S/C28H55N9O10/c1-28(43)12-44-26(20(41)23(28)34-2)47-22-17(37-24(42)18(39)6-8-35-27(32)33)9-15(31)21(19(22)40)46-25-16(4-3-14(10-30)45-25)36-11-13(38)5-7-29/h3,13,15-23,25-26,34,36,38-41,43H,4-12,29-31H2,1-2H3,(H,37,42)(H4,32,33,35)/t13?,15-,16+,17+,18-,19-,20+,21?,22-,23+,25+,26+,28-/m0/s1. The van der Waals surface area contributed by atoms with Crippen molar-refractivity contribution in [1.82, 2.24) is 21.3 Å². The molecule has 0 aromatic carbocycles. The number of rotatable bonds is 16. The molecule has 19 nitrogen and oxygen atoms in total. The van der Waals surface area contributed by atoms with E-state index in [-0.39, 0.29) is 45.0 Å². The number of carbonyl (C=O) groups is 1. The molecule has 3 rings (SSSR count). The minimum atomic E-state index is -1.52. The highest BCUT2D eigenvalue weighted by molar-refractivity contribution is 5.81. The van der Waals surface area contributed by atoms with Crippen molar-refractivity contribution in [3.63, 3.8) is 0 Å². The van der Waals surface area contributed by atoms with Crippen LogP contribution in [-0.2, 0) is 23.7 Å². The number of likely N-dealkylation sites (N-methyl/N-ethyl adjacent to an activating group) is 1. The predicted molar refractivity (Wildman–Crippen MR) is 168 cm³/mol. The average molecular weight is 678 g/mol. The molecular weight excluding hydrogens is 622 g/mol. The van der Waals surface area contributed by atoms with E-state index in [1.165, 1.54) is 6.92 Å². The van der Waals surface area contributed by atoms with Crippen LogP contribution >= 0.6 is 0 Å². The monoisotopic (exact) mass is 677 g/mol. The molecule has 2 heterocycles. The minimum absolute atomic E-state index is 0.00610. The summed E-state index contributed by atoms with van der Waals surface area (Å²) >= 11 is 0. The van der Waals surface area contributed by atoms with Crippen LogP contribution in [0.5, 0.6) is 0 Å². The molecule has 0 bridgehead atoms. The SMILES string of the molecule is CN[C@@H]1[C@@H](O)[C@@H](O[C@H]2[C@H](NC(=O)[C@@H](O)CCNC(=N)N)C[C@H](N)C(O[C@H]3OC(CN)=CC[C@H]3NCC(O)CCN)[C@@H]2O)OC[C@]1(C)O. The maximum atomic E-state index is 13.0. The number of carbonyl (C=O) groups excluding carboxylic acids is 1. The van der Waals surface area contributed by atoms with Crippen molar-refractivity contribution in [2.24, 2.45) is 22.9 Å². The second-order valence-corrected chi connectivity index (χ2v) is 12.5. The fourth-order valence-corrected chi connectivity index (χ4v) is 6.03. The van der Waals surface area contributed by atoms with E-state index in [2.05, 4.69) is 21.3 Å². The van der Waals surface area contributed by atoms with E-state index in [0.29, 0.717) is 25.1 Å². The van der Waals surface area contributed by atoms with E-state index in [1.54, 1.807) is 13.1 Å². The van der Waals surface area contributed by atoms with E-state index < -0.39 is 84.9 Å². The predicted octanol–water partition coefficient (Wildman–Crippen LogP) is -6.12. The van der Waals surface area contributed by atoms with Gasteiger partial charge in [0.05, 0.1) is 37.4 Å². The summed E-state index contributed by atoms with van der Waals surface area (Å²) in [6.07, 6.45) is -7.30. The highest BCUT2D eigenvalue weighted by Gasteiger charge is 2.52. The molecule has 19 heteroatoms. The Morgan fingerprint density at radius 2 is 1.85 bits per heavy atom. The van der Waals surface area contributed by atoms with E-state index in [0.717, 1.165) is 0 Å². The van der Waals surface area contributed by atoms with Crippen molar-refractivity contribution in [3.8, 4) is 0 Å². The number of amides is 1. The highest BCUT2D eigenvalue weighted by Crippen LogP contribution is 2.32. The Morgan fingerprint density at radius 3 is 2.49 bits per heavy atom. The quantitative estimate of drug-likeness (QED) is 0.0533. The van der Waals surface area contributed by atoms with Crippen molar-refractivity contribution in [1.29, 1.82) is 5.41 Å². The molecule has 0 spiro atoms. The summed E-state index contributed by atoms with van der Waals surface area (Å²) in [5.74, 6) is -0.643. The van der Waals surface area contributed by atoms with Gasteiger partial charge in [-0.05, 0) is 52.3 Å². The van der Waals surface area contributed by atoms with E-state index >= 15 is 0 Å². The smallest absolute Gasteiger partial charge is 0.249 e. The Morgan fingerprint density at radius 1 is 1.15 bits per heavy atom. The van der Waals surface area contributed by atoms with Gasteiger partial charge < -0.3 is 88.7 Å². The lowest BCUT2D eigenvalue weighted by Gasteiger charge is -2.49. The minimum Gasteiger partial charge on any atom is -0.467 e. The second-order valence-electron chi connectivity index (χ2n) is 12.5. The van der Waals surface area contributed by atoms with Gasteiger partial charge in [0, 0.05) is 19.1 Å². The van der Waals surface area contributed by atoms with Crippen molar-refractivity contribution in [3.05, 3.63) is 11.8 Å². The number of hydrogen-bond acceptors (Lipinski definition) is 16. The second kappa shape index (κ2) is 18.0. The number of nitrogens with one attached hydrogen (secondary N) is 5. The molecule has 1 aliphatic carbocycles. The topological polar surface area (TPSA) is 331 Å². The summed E-state index contributed by atoms with van der Waals surface area (Å²) in [7, 11) is 1.56. The van der Waals surface area contributed by atoms with Gasteiger partial charge in [0.1, 0.15) is 41.9 Å². The third-order valence-corrected chi connectivity index (χ3v) is 8.62. The summed E-state index contributed by atoms with van der Waals surface area (Å²) in [4.78, 5) is 13.0. The summed E-state index contributed by atoms with van der Waals surface area (Å²) in [6, 6.07) is -3.19. The first-order chi connectivity index (χ1) is 22.2. The molecule has 0 aromatic heterocycles. The number of nitrogens with two attached hydrogens (primary N) is 4. The molecular formula is C28H55N9O10. The maximum Gasteiger partial charge on any atom is 0.249 e. The van der Waals surface area contributed by atoms with Gasteiger partial charge in [-0.2, -0.15) is 0 Å². The van der Waals surface area contributed by atoms with Gasteiger partial charge in [0.25, 0.3) is 0 Å². The van der Waals surface area contributed by atoms with E-state index in [9.17, 15) is 30.3 Å². The highest BCUT2D eigenvalue weighted by atomic mass is 16.7. The van der Waals surface area contributed by atoms with Crippen molar-refractivity contribution in [2.75, 3.05) is 39.8 Å². The molecule has 1 saturated heterocycles. The van der Waals surface area contributed by atoms with Crippen molar-refractivity contribution >= 4 is 11.9 Å². The van der Waals surface area contributed by atoms with Crippen LogP contribution in [0.15, 0.2) is 11.8 Å². The number of guanidine groups is 1. The van der Waals surface area contributed by atoms with Crippen LogP contribution in [0.4, 0.5) is 0 Å². The molecule has 1 saturated carbocycles. The lowest BCUT2D eigenvalue weighted by atomic mass is 9.83. The van der Waals surface area contributed by atoms with Gasteiger partial charge in [0.15, 0.2) is 12.2 Å². The van der Waals surface area contributed by atoms with Gasteiger partial charge in [-0.1, -0.05) is 0 Å². The van der Waals surface area contributed by atoms with Crippen molar-refractivity contribution < 1.29 is 49.3 Å². The van der Waals surface area contributed by atoms with Crippen molar-refractivity contribution in [2.45, 2.75) is 112 Å². The largest absolute Gasteiger partial charge is 0.467 e. The molecule has 2 aliphatic heterocycles. The first-order valence-electron chi connectivity index (χ1n) is 15.9. The Bertz CT molecular complexity index is 1040. The molecule has 3 aliphatic rings. The third-order valence-electron chi connectivity index (χ3n) is 8.62. The lowest BCUT2D eigenvalue weighted by Crippen LogP contribution is -2.69. The molecule has 47 heavy (non-hydrogen) atoms. The number of aliphatic hydroxyl groups excluding tert-OH is 4. The molecule has 18 N–H and O–H groups in total. The Labute approximate surface area is 274 Å². The van der Waals surface area contributed by atoms with Crippen LogP contribution < -0.4 is 44.2 Å². The summed E-state index contributed by atoms with van der Waals surface area (Å²) in [6.45, 7) is 1.94. The number of hydrogen-bond donors (Lipinski definition) is 14. The van der Waals surface area contributed by atoms with Gasteiger partial charge in [0.2, 0.25) is 12.2 Å². The zero-order chi connectivity index (χ0) is 34.9. The molecule has 13 atom stereocenters. The zero-order valence-corrected chi connectivity index (χ0v) is 27.0. The fraction of sp³-hybridized carbons (Fsp3) is 0.857. The van der Waals surface area contributed by atoms with E-state index in [4.69, 9.17) is 47.3 Å². The lowest BCUT2D eigenvalue weighted by molar-refractivity contribution is -0.304. The average Bonchev–Trinajstić information content (AvgIpc) is 3.01. The third kappa shape index (κ3) is 10.6. The van der Waals surface area contributed by atoms with Crippen LogP contribution in [-0.4, -0.2) is 156 Å². The molecule has 272 valence electrons. The molecule has 1 amide bonds. The van der Waals surface area contributed by atoms with Crippen LogP contribution in [0.1, 0.15) is 32.6 Å². The van der Waals surface area contributed by atoms with Crippen LogP contribution in [0, 0.1) is 5.41 Å². The normalized spacial score (nSPS) is 37.3. The summed E-state index contributed by atoms with van der Waals surface area (Å²) in [5.41, 5.74) is 21.7. The number of aliphatic hydroxyl groups is 5. The molecule has 2 unspecified atom stereocenters.